The van der Waals surface area contributed by atoms with Gasteiger partial charge in [0.05, 0.1) is 0 Å². The van der Waals surface area contributed by atoms with E-state index >= 15 is 0 Å². The fraction of sp³-hybridized carbons (Fsp3) is 0.909. The topological polar surface area (TPSA) is 80.3 Å². The molecule has 0 aromatic rings. The van der Waals surface area contributed by atoms with E-state index in [0.29, 0.717) is 6.42 Å². The molecule has 0 N–H and O–H groups in total. The molecule has 0 aliphatic rings. The second-order valence-electron chi connectivity index (χ2n) is 7.85. The van der Waals surface area contributed by atoms with Crippen LogP contribution in [0.15, 0.2) is 0 Å². The third-order valence-corrected chi connectivity index (χ3v) is 5.85. The van der Waals surface area contributed by atoms with Crippen molar-refractivity contribution in [1.82, 2.24) is 0 Å². The molecule has 0 rings (SSSR count). The standard InChI is InChI=1S/C22H40Cl2O4.2Na/c23-16-14-12-10-8-6-4-2-1-3-5-7-9-11-13-15-20(24)17-19(22(27)28)18-21(25)26;;/h19-20H,1-18H2,(H,25,26)(H,27,28);;/q;2*+1/p-2. The minimum Gasteiger partial charge on any atom is -0.550 e. The molecule has 0 saturated heterocycles. The molecule has 0 aromatic carbocycles. The zero-order chi connectivity index (χ0) is 21.0. The van der Waals surface area contributed by atoms with Crippen molar-refractivity contribution in [3.05, 3.63) is 0 Å². The van der Waals surface area contributed by atoms with Crippen LogP contribution in [-0.4, -0.2) is 23.2 Å². The first-order chi connectivity index (χ1) is 13.5. The zero-order valence-electron chi connectivity index (χ0n) is 19.3. The van der Waals surface area contributed by atoms with Gasteiger partial charge in [-0.05, 0) is 25.7 Å². The first-order valence-corrected chi connectivity index (χ1v) is 12.0. The maximum absolute atomic E-state index is 10.9. The van der Waals surface area contributed by atoms with Crippen LogP contribution in [0.2, 0.25) is 0 Å². The van der Waals surface area contributed by atoms with Crippen molar-refractivity contribution in [3.8, 4) is 0 Å². The maximum Gasteiger partial charge on any atom is 1.00 e. The number of alkyl halides is 2. The van der Waals surface area contributed by atoms with Gasteiger partial charge in [-0.1, -0.05) is 83.5 Å². The summed E-state index contributed by atoms with van der Waals surface area (Å²) < 4.78 is 0. The number of unbranched alkanes of at least 4 members (excludes halogenated alkanes) is 13. The predicted octanol–water partition coefficient (Wildman–Crippen LogP) is -1.41. The molecule has 0 aliphatic heterocycles. The van der Waals surface area contributed by atoms with Gasteiger partial charge in [-0.25, -0.2) is 0 Å². The van der Waals surface area contributed by atoms with Gasteiger partial charge in [0, 0.05) is 29.1 Å². The van der Waals surface area contributed by atoms with Crippen LogP contribution >= 0.6 is 23.2 Å². The van der Waals surface area contributed by atoms with E-state index < -0.39 is 24.3 Å². The van der Waals surface area contributed by atoms with Gasteiger partial charge >= 0.3 is 59.1 Å². The Morgan fingerprint density at radius 2 is 1.03 bits per heavy atom. The Bertz CT molecular complexity index is 401. The molecular formula is C22H38Cl2Na2O4. The molecule has 0 aliphatic carbocycles. The number of carbonyl (C=O) groups is 2. The molecule has 0 saturated carbocycles. The van der Waals surface area contributed by atoms with E-state index in [-0.39, 0.29) is 70.9 Å². The molecule has 4 nitrogen and oxygen atoms in total. The van der Waals surface area contributed by atoms with Crippen molar-refractivity contribution in [2.24, 2.45) is 5.92 Å². The molecule has 2 unspecified atom stereocenters. The van der Waals surface area contributed by atoms with Gasteiger partial charge in [-0.3, -0.25) is 0 Å². The van der Waals surface area contributed by atoms with E-state index in [2.05, 4.69) is 0 Å². The SMILES string of the molecule is O=C([O-])CC(CC(Cl)CCCCCCCCCCCCCCCCCl)C(=O)[O-].[Na+].[Na+]. The number of halogens is 2. The molecule has 0 radical (unpaired) electrons. The van der Waals surface area contributed by atoms with Crippen molar-refractivity contribution >= 4 is 35.1 Å². The summed E-state index contributed by atoms with van der Waals surface area (Å²) in [6, 6.07) is 0. The summed E-state index contributed by atoms with van der Waals surface area (Å²) >= 11 is 11.8. The van der Waals surface area contributed by atoms with Crippen molar-refractivity contribution in [3.63, 3.8) is 0 Å². The fourth-order valence-electron chi connectivity index (χ4n) is 3.47. The molecule has 0 heterocycles. The Balaban J connectivity index is -0.00000364. The monoisotopic (exact) mass is 482 g/mol. The van der Waals surface area contributed by atoms with E-state index in [1.165, 1.54) is 70.6 Å². The van der Waals surface area contributed by atoms with E-state index in [1.807, 2.05) is 0 Å². The first-order valence-electron chi connectivity index (χ1n) is 11.1. The number of aliphatic carboxylic acids is 2. The third-order valence-electron chi connectivity index (χ3n) is 5.19. The molecular weight excluding hydrogens is 445 g/mol. The second-order valence-corrected chi connectivity index (χ2v) is 8.85. The van der Waals surface area contributed by atoms with E-state index in [9.17, 15) is 19.8 Å². The van der Waals surface area contributed by atoms with Gasteiger partial charge in [0.25, 0.3) is 0 Å². The van der Waals surface area contributed by atoms with Gasteiger partial charge in [0.2, 0.25) is 0 Å². The van der Waals surface area contributed by atoms with Crippen LogP contribution < -0.4 is 69.3 Å². The summed E-state index contributed by atoms with van der Waals surface area (Å²) in [5.41, 5.74) is 0. The molecule has 0 bridgehead atoms. The largest absolute Gasteiger partial charge is 1.00 e. The Morgan fingerprint density at radius 1 is 0.667 bits per heavy atom. The summed E-state index contributed by atoms with van der Waals surface area (Å²) in [5.74, 6) is -3.00. The Morgan fingerprint density at radius 3 is 1.37 bits per heavy atom. The minimum absolute atomic E-state index is 0. The van der Waals surface area contributed by atoms with Crippen LogP contribution in [0.25, 0.3) is 0 Å². The van der Waals surface area contributed by atoms with E-state index in [0.717, 1.165) is 25.1 Å². The van der Waals surface area contributed by atoms with Gasteiger partial charge < -0.3 is 19.8 Å². The van der Waals surface area contributed by atoms with E-state index in [4.69, 9.17) is 23.2 Å². The van der Waals surface area contributed by atoms with Crippen molar-refractivity contribution in [1.29, 1.82) is 0 Å². The molecule has 30 heavy (non-hydrogen) atoms. The van der Waals surface area contributed by atoms with Crippen LogP contribution in [0.4, 0.5) is 0 Å². The zero-order valence-corrected chi connectivity index (χ0v) is 24.8. The van der Waals surface area contributed by atoms with Gasteiger partial charge in [0.15, 0.2) is 0 Å². The van der Waals surface area contributed by atoms with Gasteiger partial charge in [0.1, 0.15) is 0 Å². The van der Waals surface area contributed by atoms with Crippen molar-refractivity contribution in [2.75, 3.05) is 5.88 Å². The summed E-state index contributed by atoms with van der Waals surface area (Å²) in [4.78, 5) is 21.5. The summed E-state index contributed by atoms with van der Waals surface area (Å²) in [6.07, 6.45) is 17.8. The number of hydrogen-bond acceptors (Lipinski definition) is 4. The van der Waals surface area contributed by atoms with Crippen LogP contribution in [0.3, 0.4) is 0 Å². The van der Waals surface area contributed by atoms with Crippen LogP contribution in [-0.2, 0) is 9.59 Å². The molecule has 0 spiro atoms. The predicted molar refractivity (Wildman–Crippen MR) is 112 cm³/mol. The normalized spacial score (nSPS) is 12.5. The minimum atomic E-state index is -1.37. The summed E-state index contributed by atoms with van der Waals surface area (Å²) in [5, 5.41) is 21.2. The van der Waals surface area contributed by atoms with E-state index in [1.54, 1.807) is 0 Å². The molecule has 166 valence electrons. The average Bonchev–Trinajstić information content (AvgIpc) is 2.64. The number of carboxylic acid groups (broad SMARTS) is 2. The fourth-order valence-corrected chi connectivity index (χ4v) is 4.03. The quantitative estimate of drug-likeness (QED) is 0.114. The Hall–Kier alpha value is 1.52. The van der Waals surface area contributed by atoms with Crippen molar-refractivity contribution in [2.45, 2.75) is 115 Å². The number of carboxylic acids is 2. The second kappa shape index (κ2) is 26.8. The maximum atomic E-state index is 10.9. The number of carbonyl (C=O) groups excluding carboxylic acids is 2. The first kappa shape index (κ1) is 36.1. The molecule has 0 fully saturated rings. The van der Waals surface area contributed by atoms with Crippen LogP contribution in [0, 0.1) is 5.92 Å². The smallest absolute Gasteiger partial charge is 0.550 e. The number of rotatable bonds is 21. The molecule has 2 atom stereocenters. The average molecular weight is 483 g/mol. The van der Waals surface area contributed by atoms with Gasteiger partial charge in [-0.15, -0.1) is 23.2 Å². The molecule has 0 amide bonds. The van der Waals surface area contributed by atoms with Crippen LogP contribution in [0.5, 0.6) is 0 Å². The third kappa shape index (κ3) is 25.8. The van der Waals surface area contributed by atoms with Crippen molar-refractivity contribution < 1.29 is 78.9 Å². The number of hydrogen-bond donors (Lipinski definition) is 0. The molecule has 0 aromatic heterocycles. The molecule has 8 heteroatoms. The Kier molecular flexibility index (Phi) is 32.2. The summed E-state index contributed by atoms with van der Waals surface area (Å²) in [6.45, 7) is 0. The van der Waals surface area contributed by atoms with Gasteiger partial charge in [-0.2, -0.15) is 0 Å². The summed E-state index contributed by atoms with van der Waals surface area (Å²) in [7, 11) is 0. The Labute approximate surface area is 238 Å². The van der Waals surface area contributed by atoms with Crippen LogP contribution in [0.1, 0.15) is 109 Å².